The summed E-state index contributed by atoms with van der Waals surface area (Å²) >= 11 is 7.47. The summed E-state index contributed by atoms with van der Waals surface area (Å²) in [6.07, 6.45) is 1.84. The summed E-state index contributed by atoms with van der Waals surface area (Å²) in [5.41, 5.74) is 6.57. The second-order valence-corrected chi connectivity index (χ2v) is 4.94. The van der Waals surface area contributed by atoms with Gasteiger partial charge in [0.15, 0.2) is 0 Å². The first kappa shape index (κ1) is 13.9. The number of nitrogen functional groups attached to an aromatic ring is 1. The lowest BCUT2D eigenvalue weighted by Gasteiger charge is -2.07. The summed E-state index contributed by atoms with van der Waals surface area (Å²) < 4.78 is 0. The van der Waals surface area contributed by atoms with Gasteiger partial charge >= 0.3 is 0 Å². The van der Waals surface area contributed by atoms with Gasteiger partial charge in [-0.15, -0.1) is 6.58 Å². The smallest absolute Gasteiger partial charge is 0.253 e. The van der Waals surface area contributed by atoms with Crippen LogP contribution in [-0.4, -0.2) is 24.0 Å². The zero-order chi connectivity index (χ0) is 12.7. The third-order valence-electron chi connectivity index (χ3n) is 2.03. The van der Waals surface area contributed by atoms with Crippen LogP contribution < -0.4 is 11.1 Å². The van der Waals surface area contributed by atoms with E-state index in [9.17, 15) is 4.79 Å². The third-order valence-corrected chi connectivity index (χ3v) is 3.23. The van der Waals surface area contributed by atoms with Crippen LogP contribution in [0.2, 0.25) is 5.02 Å². The van der Waals surface area contributed by atoms with Gasteiger partial charge in [0, 0.05) is 28.8 Å². The molecule has 1 amide bonds. The van der Waals surface area contributed by atoms with Gasteiger partial charge in [-0.05, 0) is 18.2 Å². The Morgan fingerprint density at radius 1 is 1.59 bits per heavy atom. The molecule has 1 aromatic carbocycles. The molecule has 3 nitrogen and oxygen atoms in total. The molecule has 0 spiro atoms. The number of anilines is 1. The molecule has 0 fully saturated rings. The van der Waals surface area contributed by atoms with Gasteiger partial charge in [0.05, 0.1) is 5.56 Å². The van der Waals surface area contributed by atoms with Gasteiger partial charge in [-0.1, -0.05) is 17.7 Å². The molecule has 5 heteroatoms. The van der Waals surface area contributed by atoms with Crippen molar-refractivity contribution in [2.24, 2.45) is 0 Å². The largest absolute Gasteiger partial charge is 0.398 e. The van der Waals surface area contributed by atoms with Crippen LogP contribution >= 0.6 is 23.4 Å². The van der Waals surface area contributed by atoms with Crippen LogP contribution in [0.4, 0.5) is 5.69 Å². The maximum absolute atomic E-state index is 11.7. The molecule has 0 aromatic heterocycles. The van der Waals surface area contributed by atoms with E-state index in [1.54, 1.807) is 30.0 Å². The molecular formula is C12H15ClN2OS. The van der Waals surface area contributed by atoms with Crippen LogP contribution in [0.15, 0.2) is 30.9 Å². The Morgan fingerprint density at radius 3 is 3.00 bits per heavy atom. The minimum Gasteiger partial charge on any atom is -0.398 e. The molecule has 1 aromatic rings. The lowest BCUT2D eigenvalue weighted by molar-refractivity contribution is 0.0957. The molecule has 0 saturated carbocycles. The van der Waals surface area contributed by atoms with E-state index in [0.717, 1.165) is 11.5 Å². The monoisotopic (exact) mass is 270 g/mol. The standard InChI is InChI=1S/C12H15ClN2OS/c1-2-6-17-7-5-15-12(16)10-4-3-9(13)8-11(10)14/h2-4,8H,1,5-7,14H2,(H,15,16). The number of carbonyl (C=O) groups excluding carboxylic acids is 1. The molecule has 1 rings (SSSR count). The lowest BCUT2D eigenvalue weighted by Crippen LogP contribution is -2.26. The average Bonchev–Trinajstić information content (AvgIpc) is 2.28. The van der Waals surface area contributed by atoms with Gasteiger partial charge in [-0.2, -0.15) is 11.8 Å². The van der Waals surface area contributed by atoms with Crippen LogP contribution in [0.5, 0.6) is 0 Å². The summed E-state index contributed by atoms with van der Waals surface area (Å²) in [5, 5.41) is 3.33. The Hall–Kier alpha value is -1.13. The summed E-state index contributed by atoms with van der Waals surface area (Å²) in [6, 6.07) is 4.85. The fourth-order valence-electron chi connectivity index (χ4n) is 1.24. The molecule has 0 heterocycles. The van der Waals surface area contributed by atoms with Gasteiger partial charge in [0.25, 0.3) is 5.91 Å². The summed E-state index contributed by atoms with van der Waals surface area (Å²) in [6.45, 7) is 4.23. The molecule has 0 saturated heterocycles. The molecule has 0 aliphatic carbocycles. The Balaban J connectivity index is 2.44. The third kappa shape index (κ3) is 4.71. The highest BCUT2D eigenvalue weighted by molar-refractivity contribution is 7.99. The second-order valence-electron chi connectivity index (χ2n) is 3.35. The number of halogens is 1. The highest BCUT2D eigenvalue weighted by Gasteiger charge is 2.08. The van der Waals surface area contributed by atoms with Gasteiger partial charge in [0.1, 0.15) is 0 Å². The molecule has 0 unspecified atom stereocenters. The SMILES string of the molecule is C=CCSCCNC(=O)c1ccc(Cl)cc1N. The first-order valence-electron chi connectivity index (χ1n) is 5.17. The van der Waals surface area contributed by atoms with Crippen LogP contribution in [0.1, 0.15) is 10.4 Å². The van der Waals surface area contributed by atoms with Gasteiger partial charge < -0.3 is 11.1 Å². The van der Waals surface area contributed by atoms with E-state index in [1.165, 1.54) is 0 Å². The van der Waals surface area contributed by atoms with E-state index in [1.807, 2.05) is 6.08 Å². The van der Waals surface area contributed by atoms with Gasteiger partial charge in [-0.25, -0.2) is 0 Å². The van der Waals surface area contributed by atoms with Crippen molar-refractivity contribution in [3.05, 3.63) is 41.4 Å². The molecule has 3 N–H and O–H groups in total. The number of nitrogens with one attached hydrogen (secondary N) is 1. The molecule has 0 bridgehead atoms. The molecule has 0 aliphatic heterocycles. The maximum Gasteiger partial charge on any atom is 0.253 e. The van der Waals surface area contributed by atoms with Crippen LogP contribution in [0, 0.1) is 0 Å². The minimum atomic E-state index is -0.168. The van der Waals surface area contributed by atoms with Crippen molar-refractivity contribution < 1.29 is 4.79 Å². The van der Waals surface area contributed by atoms with Gasteiger partial charge in [-0.3, -0.25) is 4.79 Å². The lowest BCUT2D eigenvalue weighted by atomic mass is 10.1. The van der Waals surface area contributed by atoms with Crippen molar-refractivity contribution in [1.29, 1.82) is 0 Å². The topological polar surface area (TPSA) is 55.1 Å². The highest BCUT2D eigenvalue weighted by Crippen LogP contribution is 2.17. The van der Waals surface area contributed by atoms with Crippen LogP contribution in [-0.2, 0) is 0 Å². The number of thioether (sulfide) groups is 1. The predicted molar refractivity (Wildman–Crippen MR) is 75.7 cm³/mol. The predicted octanol–water partition coefficient (Wildman–Crippen LogP) is 2.57. The first-order chi connectivity index (χ1) is 8.15. The Labute approximate surface area is 110 Å². The molecular weight excluding hydrogens is 256 g/mol. The molecule has 0 atom stereocenters. The Kier molecular flexibility index (Phi) is 5.94. The molecule has 0 radical (unpaired) electrons. The fraction of sp³-hybridized carbons (Fsp3) is 0.250. The molecule has 0 aliphatic rings. The number of amides is 1. The number of benzene rings is 1. The Bertz CT molecular complexity index is 409. The quantitative estimate of drug-likeness (QED) is 0.475. The minimum absolute atomic E-state index is 0.168. The van der Waals surface area contributed by atoms with Crippen molar-refractivity contribution in [1.82, 2.24) is 5.32 Å². The number of hydrogen-bond donors (Lipinski definition) is 2. The maximum atomic E-state index is 11.7. The zero-order valence-corrected chi connectivity index (χ0v) is 11.0. The Morgan fingerprint density at radius 2 is 2.35 bits per heavy atom. The van der Waals surface area contributed by atoms with Crippen molar-refractivity contribution >= 4 is 35.0 Å². The van der Waals surface area contributed by atoms with E-state index in [0.29, 0.717) is 22.8 Å². The normalized spacial score (nSPS) is 9.94. The molecule has 17 heavy (non-hydrogen) atoms. The number of rotatable bonds is 6. The van der Waals surface area contributed by atoms with E-state index in [4.69, 9.17) is 17.3 Å². The summed E-state index contributed by atoms with van der Waals surface area (Å²) in [7, 11) is 0. The fourth-order valence-corrected chi connectivity index (χ4v) is 2.00. The van der Waals surface area contributed by atoms with Gasteiger partial charge in [0.2, 0.25) is 0 Å². The zero-order valence-electron chi connectivity index (χ0n) is 9.41. The summed E-state index contributed by atoms with van der Waals surface area (Å²) in [5.74, 6) is 1.57. The van der Waals surface area contributed by atoms with E-state index < -0.39 is 0 Å². The molecule has 92 valence electrons. The van der Waals surface area contributed by atoms with Crippen molar-refractivity contribution in [3.8, 4) is 0 Å². The summed E-state index contributed by atoms with van der Waals surface area (Å²) in [4.78, 5) is 11.7. The second kappa shape index (κ2) is 7.25. The van der Waals surface area contributed by atoms with E-state index in [-0.39, 0.29) is 5.91 Å². The van der Waals surface area contributed by atoms with E-state index >= 15 is 0 Å². The number of hydrogen-bond acceptors (Lipinski definition) is 3. The van der Waals surface area contributed by atoms with Crippen molar-refractivity contribution in [2.75, 3.05) is 23.8 Å². The van der Waals surface area contributed by atoms with Crippen molar-refractivity contribution in [3.63, 3.8) is 0 Å². The van der Waals surface area contributed by atoms with Crippen LogP contribution in [0.25, 0.3) is 0 Å². The first-order valence-corrected chi connectivity index (χ1v) is 6.70. The van der Waals surface area contributed by atoms with E-state index in [2.05, 4.69) is 11.9 Å². The van der Waals surface area contributed by atoms with Crippen molar-refractivity contribution in [2.45, 2.75) is 0 Å². The average molecular weight is 271 g/mol. The number of nitrogens with two attached hydrogens (primary N) is 1. The van der Waals surface area contributed by atoms with Crippen LogP contribution in [0.3, 0.4) is 0 Å². The number of carbonyl (C=O) groups is 1. The highest BCUT2D eigenvalue weighted by atomic mass is 35.5.